The summed E-state index contributed by atoms with van der Waals surface area (Å²) < 4.78 is 0. The monoisotopic (exact) mass is 278 g/mol. The molecule has 4 N–H and O–H groups in total. The van der Waals surface area contributed by atoms with Gasteiger partial charge in [-0.15, -0.1) is 0 Å². The van der Waals surface area contributed by atoms with Crippen molar-refractivity contribution in [3.8, 4) is 5.75 Å². The minimum Gasteiger partial charge on any atom is -0.508 e. The van der Waals surface area contributed by atoms with Gasteiger partial charge in [0.15, 0.2) is 0 Å². The van der Waals surface area contributed by atoms with Gasteiger partial charge in [0.25, 0.3) is 5.91 Å². The number of carbonyl (C=O) groups excluding carboxylic acids is 1. The predicted octanol–water partition coefficient (Wildman–Crippen LogP) is 2.03. The van der Waals surface area contributed by atoms with Crippen molar-refractivity contribution >= 4 is 23.1 Å². The Balaban J connectivity index is 2.25. The molecular weight excluding hydrogens is 260 g/mol. The SMILES string of the molecule is Cc1c(O)cccc1C(=O)NC1(C(N)=S)CCCC1. The summed E-state index contributed by atoms with van der Waals surface area (Å²) in [5.74, 6) is -0.119. The summed E-state index contributed by atoms with van der Waals surface area (Å²) in [5.41, 5.74) is 6.26. The lowest BCUT2D eigenvalue weighted by Crippen LogP contribution is -2.54. The quantitative estimate of drug-likeness (QED) is 0.740. The molecule has 19 heavy (non-hydrogen) atoms. The molecule has 4 nitrogen and oxygen atoms in total. The summed E-state index contributed by atoms with van der Waals surface area (Å²) in [7, 11) is 0. The molecule has 0 aliphatic heterocycles. The Kier molecular flexibility index (Phi) is 3.75. The number of thiocarbonyl (C=S) groups is 1. The zero-order valence-electron chi connectivity index (χ0n) is 10.9. The first-order valence-corrected chi connectivity index (χ1v) is 6.78. The number of amides is 1. The Morgan fingerprint density at radius 1 is 1.42 bits per heavy atom. The van der Waals surface area contributed by atoms with Gasteiger partial charge in [0.1, 0.15) is 5.75 Å². The maximum Gasteiger partial charge on any atom is 0.252 e. The number of rotatable bonds is 3. The van der Waals surface area contributed by atoms with E-state index in [9.17, 15) is 9.90 Å². The van der Waals surface area contributed by atoms with Crippen LogP contribution in [0.4, 0.5) is 0 Å². The first-order valence-electron chi connectivity index (χ1n) is 6.37. The van der Waals surface area contributed by atoms with Crippen LogP contribution >= 0.6 is 12.2 Å². The Hall–Kier alpha value is -1.62. The highest BCUT2D eigenvalue weighted by Crippen LogP contribution is 2.31. The molecule has 1 aromatic carbocycles. The Morgan fingerprint density at radius 2 is 2.05 bits per heavy atom. The van der Waals surface area contributed by atoms with E-state index in [0.717, 1.165) is 25.7 Å². The minimum absolute atomic E-state index is 0.114. The molecule has 1 aromatic rings. The maximum atomic E-state index is 12.3. The van der Waals surface area contributed by atoms with E-state index in [2.05, 4.69) is 5.32 Å². The normalized spacial score (nSPS) is 17.1. The second kappa shape index (κ2) is 5.17. The number of carbonyl (C=O) groups is 1. The van der Waals surface area contributed by atoms with Crippen LogP contribution in [0.15, 0.2) is 18.2 Å². The number of aromatic hydroxyl groups is 1. The van der Waals surface area contributed by atoms with Crippen molar-refractivity contribution in [1.82, 2.24) is 5.32 Å². The van der Waals surface area contributed by atoms with Gasteiger partial charge < -0.3 is 16.2 Å². The van der Waals surface area contributed by atoms with Crippen LogP contribution in [0.25, 0.3) is 0 Å². The van der Waals surface area contributed by atoms with Crippen molar-refractivity contribution in [1.29, 1.82) is 0 Å². The largest absolute Gasteiger partial charge is 0.508 e. The van der Waals surface area contributed by atoms with Gasteiger partial charge in [-0.25, -0.2) is 0 Å². The van der Waals surface area contributed by atoms with Gasteiger partial charge >= 0.3 is 0 Å². The van der Waals surface area contributed by atoms with E-state index in [4.69, 9.17) is 18.0 Å². The first-order chi connectivity index (χ1) is 8.96. The highest BCUT2D eigenvalue weighted by Gasteiger charge is 2.38. The molecule has 1 aliphatic carbocycles. The smallest absolute Gasteiger partial charge is 0.252 e. The fraction of sp³-hybridized carbons (Fsp3) is 0.429. The number of hydrogen-bond donors (Lipinski definition) is 3. The van der Waals surface area contributed by atoms with Crippen LogP contribution in [0.2, 0.25) is 0 Å². The van der Waals surface area contributed by atoms with Crippen molar-refractivity contribution in [3.05, 3.63) is 29.3 Å². The second-order valence-corrected chi connectivity index (χ2v) is 5.50. The average Bonchev–Trinajstić information content (AvgIpc) is 2.82. The third-order valence-corrected chi connectivity index (χ3v) is 4.22. The molecule has 0 heterocycles. The second-order valence-electron chi connectivity index (χ2n) is 5.06. The zero-order chi connectivity index (χ0) is 14.0. The molecule has 0 unspecified atom stereocenters. The van der Waals surface area contributed by atoms with Crippen molar-refractivity contribution in [2.24, 2.45) is 5.73 Å². The van der Waals surface area contributed by atoms with Gasteiger partial charge in [-0.1, -0.05) is 31.1 Å². The van der Waals surface area contributed by atoms with E-state index in [1.165, 1.54) is 0 Å². The number of phenolic OH excluding ortho intramolecular Hbond substituents is 1. The van der Waals surface area contributed by atoms with Gasteiger partial charge in [-0.05, 0) is 31.9 Å². The molecule has 0 atom stereocenters. The Bertz CT molecular complexity index is 522. The number of benzene rings is 1. The van der Waals surface area contributed by atoms with E-state index >= 15 is 0 Å². The molecule has 1 fully saturated rings. The molecular formula is C14H18N2O2S. The highest BCUT2D eigenvalue weighted by molar-refractivity contribution is 7.80. The number of phenols is 1. The lowest BCUT2D eigenvalue weighted by molar-refractivity contribution is 0.0923. The van der Waals surface area contributed by atoms with Crippen molar-refractivity contribution in [2.75, 3.05) is 0 Å². The number of nitrogens with one attached hydrogen (secondary N) is 1. The molecule has 1 amide bonds. The van der Waals surface area contributed by atoms with Gasteiger partial charge in [0.05, 0.1) is 10.5 Å². The van der Waals surface area contributed by atoms with Crippen LogP contribution in [0, 0.1) is 6.92 Å². The van der Waals surface area contributed by atoms with Gasteiger partial charge in [0.2, 0.25) is 0 Å². The van der Waals surface area contributed by atoms with E-state index in [1.54, 1.807) is 25.1 Å². The molecule has 2 rings (SSSR count). The Morgan fingerprint density at radius 3 is 2.63 bits per heavy atom. The number of nitrogens with two attached hydrogens (primary N) is 1. The van der Waals surface area contributed by atoms with Gasteiger partial charge in [-0.2, -0.15) is 0 Å². The summed E-state index contributed by atoms with van der Waals surface area (Å²) >= 11 is 5.11. The van der Waals surface area contributed by atoms with Crippen LogP contribution in [0.3, 0.4) is 0 Å². The van der Waals surface area contributed by atoms with Crippen LogP contribution in [0.1, 0.15) is 41.6 Å². The summed E-state index contributed by atoms with van der Waals surface area (Å²) in [6.45, 7) is 1.71. The molecule has 0 radical (unpaired) electrons. The third-order valence-electron chi connectivity index (χ3n) is 3.83. The first kappa shape index (κ1) is 13.8. The molecule has 0 saturated heterocycles. The fourth-order valence-electron chi connectivity index (χ4n) is 2.57. The lowest BCUT2D eigenvalue weighted by atomic mass is 9.96. The molecule has 1 aliphatic rings. The van der Waals surface area contributed by atoms with Gasteiger partial charge in [0, 0.05) is 11.1 Å². The van der Waals surface area contributed by atoms with Crippen LogP contribution in [0.5, 0.6) is 5.75 Å². The molecule has 1 saturated carbocycles. The third kappa shape index (κ3) is 2.56. The maximum absolute atomic E-state index is 12.3. The van der Waals surface area contributed by atoms with Crippen LogP contribution in [-0.2, 0) is 0 Å². The summed E-state index contributed by atoms with van der Waals surface area (Å²) in [4.78, 5) is 12.7. The van der Waals surface area contributed by atoms with E-state index < -0.39 is 5.54 Å². The van der Waals surface area contributed by atoms with E-state index in [0.29, 0.717) is 16.1 Å². The predicted molar refractivity (Wildman–Crippen MR) is 78.3 cm³/mol. The van der Waals surface area contributed by atoms with Crippen LogP contribution in [-0.4, -0.2) is 21.5 Å². The average molecular weight is 278 g/mol. The summed E-state index contributed by atoms with van der Waals surface area (Å²) in [6.07, 6.45) is 3.59. The van der Waals surface area contributed by atoms with Crippen molar-refractivity contribution in [2.45, 2.75) is 38.1 Å². The molecule has 0 spiro atoms. The summed E-state index contributed by atoms with van der Waals surface area (Å²) in [5, 5.41) is 12.6. The van der Waals surface area contributed by atoms with E-state index in [-0.39, 0.29) is 11.7 Å². The number of hydrogen-bond acceptors (Lipinski definition) is 3. The van der Waals surface area contributed by atoms with Crippen LogP contribution < -0.4 is 11.1 Å². The molecule has 102 valence electrons. The topological polar surface area (TPSA) is 75.3 Å². The standard InChI is InChI=1S/C14H18N2O2S/c1-9-10(5-4-6-11(9)17)12(18)16-14(13(15)19)7-2-3-8-14/h4-6,17H,2-3,7-8H2,1H3,(H2,15,19)(H,16,18). The minimum atomic E-state index is -0.565. The van der Waals surface area contributed by atoms with E-state index in [1.807, 2.05) is 0 Å². The zero-order valence-corrected chi connectivity index (χ0v) is 11.7. The fourth-order valence-corrected chi connectivity index (χ4v) is 2.82. The molecule has 5 heteroatoms. The Labute approximate surface area is 118 Å². The lowest BCUT2D eigenvalue weighted by Gasteiger charge is -2.29. The van der Waals surface area contributed by atoms with Crippen molar-refractivity contribution < 1.29 is 9.90 Å². The summed E-state index contributed by atoms with van der Waals surface area (Å²) in [6, 6.07) is 4.90. The van der Waals surface area contributed by atoms with Gasteiger partial charge in [-0.3, -0.25) is 4.79 Å². The molecule has 0 aromatic heterocycles. The highest BCUT2D eigenvalue weighted by atomic mass is 32.1. The van der Waals surface area contributed by atoms with Crippen molar-refractivity contribution in [3.63, 3.8) is 0 Å². The molecule has 0 bridgehead atoms.